The van der Waals surface area contributed by atoms with Crippen molar-refractivity contribution >= 4 is 68.6 Å². The molecule has 136 valence electrons. The molecule has 6 nitrogen and oxygen atoms in total. The van der Waals surface area contributed by atoms with Gasteiger partial charge in [-0.15, -0.1) is 10.2 Å². The molecule has 4 aromatic rings. The monoisotopic (exact) mass is 417 g/mol. The summed E-state index contributed by atoms with van der Waals surface area (Å²) in [5.41, 5.74) is 2.88. The first-order valence-corrected chi connectivity index (χ1v) is 9.68. The number of nitrogens with zero attached hydrogens (tertiary/aromatic N) is 3. The third-order valence-electron chi connectivity index (χ3n) is 3.94. The highest BCUT2D eigenvalue weighted by Crippen LogP contribution is 2.27. The van der Waals surface area contributed by atoms with Crippen molar-refractivity contribution in [3.05, 3.63) is 52.5 Å². The second-order valence-electron chi connectivity index (χ2n) is 5.84. The summed E-state index contributed by atoms with van der Waals surface area (Å²) in [5.74, 6) is -0.196. The zero-order valence-corrected chi connectivity index (χ0v) is 16.4. The van der Waals surface area contributed by atoms with Crippen molar-refractivity contribution in [1.82, 2.24) is 20.2 Å². The van der Waals surface area contributed by atoms with Gasteiger partial charge in [0.05, 0.1) is 15.3 Å². The Balaban J connectivity index is 1.51. The Hall–Kier alpha value is -2.35. The normalized spacial score (nSPS) is 12.4. The van der Waals surface area contributed by atoms with Gasteiger partial charge in [0.1, 0.15) is 5.52 Å². The summed E-state index contributed by atoms with van der Waals surface area (Å²) in [6.07, 6.45) is 0. The van der Waals surface area contributed by atoms with Gasteiger partial charge in [-0.05, 0) is 31.2 Å². The van der Waals surface area contributed by atoms with Gasteiger partial charge in [0.15, 0.2) is 5.65 Å². The van der Waals surface area contributed by atoms with Crippen LogP contribution in [-0.2, 0) is 4.79 Å². The van der Waals surface area contributed by atoms with Crippen LogP contribution < -0.4 is 5.32 Å². The van der Waals surface area contributed by atoms with E-state index in [1.54, 1.807) is 25.1 Å². The smallest absolute Gasteiger partial charge is 0.237 e. The minimum absolute atomic E-state index is 0.196. The molecule has 2 heterocycles. The lowest BCUT2D eigenvalue weighted by Gasteiger charge is -2.11. The number of para-hydroxylation sites is 1. The number of aromatic nitrogens is 4. The number of rotatable bonds is 4. The maximum Gasteiger partial charge on any atom is 0.237 e. The number of H-pyrrole nitrogens is 1. The molecule has 0 bridgehead atoms. The SMILES string of the molecule is CC(Sc1nnc2c(n1)[nH]c1ccccc12)C(=O)Nc1ccc(Cl)c(Cl)c1. The molecule has 2 aromatic carbocycles. The molecule has 0 aliphatic heterocycles. The van der Waals surface area contributed by atoms with Gasteiger partial charge < -0.3 is 10.3 Å². The Morgan fingerprint density at radius 3 is 2.78 bits per heavy atom. The van der Waals surface area contributed by atoms with E-state index in [0.29, 0.717) is 32.1 Å². The van der Waals surface area contributed by atoms with Crippen LogP contribution in [0.4, 0.5) is 5.69 Å². The number of amides is 1. The summed E-state index contributed by atoms with van der Waals surface area (Å²) in [6, 6.07) is 12.7. The molecular weight excluding hydrogens is 405 g/mol. The maximum atomic E-state index is 12.4. The molecule has 9 heteroatoms. The fourth-order valence-corrected chi connectivity index (χ4v) is 3.60. The average Bonchev–Trinajstić information content (AvgIpc) is 3.02. The van der Waals surface area contributed by atoms with Gasteiger partial charge in [-0.3, -0.25) is 4.79 Å². The molecule has 1 amide bonds. The highest BCUT2D eigenvalue weighted by molar-refractivity contribution is 8.00. The van der Waals surface area contributed by atoms with Gasteiger partial charge in [-0.2, -0.15) is 0 Å². The zero-order chi connectivity index (χ0) is 19.0. The first-order valence-electron chi connectivity index (χ1n) is 8.05. The summed E-state index contributed by atoms with van der Waals surface area (Å²) in [5, 5.41) is 13.0. The van der Waals surface area contributed by atoms with Crippen molar-refractivity contribution in [1.29, 1.82) is 0 Å². The van der Waals surface area contributed by atoms with E-state index in [4.69, 9.17) is 23.2 Å². The predicted molar refractivity (Wildman–Crippen MR) is 110 cm³/mol. The van der Waals surface area contributed by atoms with Crippen molar-refractivity contribution in [2.75, 3.05) is 5.32 Å². The quantitative estimate of drug-likeness (QED) is 0.459. The molecule has 0 aliphatic carbocycles. The van der Waals surface area contributed by atoms with Gasteiger partial charge in [0, 0.05) is 16.6 Å². The van der Waals surface area contributed by atoms with E-state index in [2.05, 4.69) is 25.5 Å². The number of halogens is 2. The van der Waals surface area contributed by atoms with Crippen molar-refractivity contribution in [3.8, 4) is 0 Å². The van der Waals surface area contributed by atoms with Crippen LogP contribution in [0.3, 0.4) is 0 Å². The largest absolute Gasteiger partial charge is 0.338 e. The van der Waals surface area contributed by atoms with Gasteiger partial charge in [-0.1, -0.05) is 53.2 Å². The number of hydrogen-bond donors (Lipinski definition) is 2. The number of anilines is 1. The highest BCUT2D eigenvalue weighted by Gasteiger charge is 2.18. The van der Waals surface area contributed by atoms with Crippen LogP contribution in [0.15, 0.2) is 47.6 Å². The third kappa shape index (κ3) is 3.71. The van der Waals surface area contributed by atoms with Crippen LogP contribution in [0.1, 0.15) is 6.92 Å². The maximum absolute atomic E-state index is 12.4. The van der Waals surface area contributed by atoms with Crippen LogP contribution in [0.2, 0.25) is 10.0 Å². The second kappa shape index (κ2) is 7.34. The number of carbonyl (C=O) groups is 1. The van der Waals surface area contributed by atoms with Gasteiger partial charge in [0.25, 0.3) is 0 Å². The van der Waals surface area contributed by atoms with E-state index in [-0.39, 0.29) is 5.91 Å². The first-order chi connectivity index (χ1) is 13.0. The summed E-state index contributed by atoms with van der Waals surface area (Å²) in [6.45, 7) is 1.77. The van der Waals surface area contributed by atoms with Crippen LogP contribution in [0.5, 0.6) is 0 Å². The Kier molecular flexibility index (Phi) is 4.90. The number of nitrogens with one attached hydrogen (secondary N) is 2. The molecule has 0 spiro atoms. The standard InChI is InChI=1S/C18H13Cl2N5OS/c1-9(17(26)21-10-6-7-12(19)13(20)8-10)27-18-23-16-15(24-25-18)11-4-2-3-5-14(11)22-16/h2-9H,1H3,(H,21,26)(H,22,23,25). The van der Waals surface area contributed by atoms with Gasteiger partial charge in [0.2, 0.25) is 11.1 Å². The fraction of sp³-hybridized carbons (Fsp3) is 0.111. The highest BCUT2D eigenvalue weighted by atomic mass is 35.5. The second-order valence-corrected chi connectivity index (χ2v) is 7.96. The average molecular weight is 418 g/mol. The topological polar surface area (TPSA) is 83.6 Å². The minimum Gasteiger partial charge on any atom is -0.338 e. The van der Waals surface area contributed by atoms with E-state index in [0.717, 1.165) is 10.9 Å². The summed E-state index contributed by atoms with van der Waals surface area (Å²) in [4.78, 5) is 20.1. The molecule has 4 rings (SSSR count). The Morgan fingerprint density at radius 2 is 1.96 bits per heavy atom. The summed E-state index contributed by atoms with van der Waals surface area (Å²) in [7, 11) is 0. The summed E-state index contributed by atoms with van der Waals surface area (Å²) < 4.78 is 0. The molecule has 0 aliphatic rings. The third-order valence-corrected chi connectivity index (χ3v) is 5.63. The molecule has 1 atom stereocenters. The number of fused-ring (bicyclic) bond motifs is 3. The lowest BCUT2D eigenvalue weighted by Crippen LogP contribution is -2.22. The van der Waals surface area contributed by atoms with Crippen molar-refractivity contribution < 1.29 is 4.79 Å². The molecule has 0 saturated carbocycles. The minimum atomic E-state index is -0.428. The van der Waals surface area contributed by atoms with Crippen LogP contribution in [-0.4, -0.2) is 31.3 Å². The molecule has 27 heavy (non-hydrogen) atoms. The molecule has 0 saturated heterocycles. The number of benzene rings is 2. The molecule has 0 radical (unpaired) electrons. The molecule has 2 N–H and O–H groups in total. The van der Waals surface area contributed by atoms with Crippen molar-refractivity contribution in [2.24, 2.45) is 0 Å². The van der Waals surface area contributed by atoms with E-state index in [1.165, 1.54) is 11.8 Å². The number of thioether (sulfide) groups is 1. The first kappa shape index (κ1) is 18.0. The van der Waals surface area contributed by atoms with Gasteiger partial charge in [-0.25, -0.2) is 4.98 Å². The fourth-order valence-electron chi connectivity index (χ4n) is 2.59. The molecule has 2 aromatic heterocycles. The molecular formula is C18H13Cl2N5OS. The predicted octanol–water partition coefficient (Wildman–Crippen LogP) is 4.93. The van der Waals surface area contributed by atoms with Crippen LogP contribution in [0.25, 0.3) is 22.1 Å². The molecule has 0 fully saturated rings. The number of hydrogen-bond acceptors (Lipinski definition) is 5. The Morgan fingerprint density at radius 1 is 1.15 bits per heavy atom. The van der Waals surface area contributed by atoms with Gasteiger partial charge >= 0.3 is 0 Å². The van der Waals surface area contributed by atoms with Crippen LogP contribution >= 0.6 is 35.0 Å². The molecule has 1 unspecified atom stereocenters. The summed E-state index contributed by atoms with van der Waals surface area (Å²) >= 11 is 13.1. The zero-order valence-electron chi connectivity index (χ0n) is 14.0. The van der Waals surface area contributed by atoms with E-state index in [1.807, 2.05) is 24.3 Å². The van der Waals surface area contributed by atoms with Crippen molar-refractivity contribution in [2.45, 2.75) is 17.3 Å². The van der Waals surface area contributed by atoms with E-state index in [9.17, 15) is 4.79 Å². The number of aromatic amines is 1. The Bertz CT molecular complexity index is 1160. The van der Waals surface area contributed by atoms with Crippen molar-refractivity contribution in [3.63, 3.8) is 0 Å². The lowest BCUT2D eigenvalue weighted by molar-refractivity contribution is -0.115. The number of carbonyl (C=O) groups excluding carboxylic acids is 1. The van der Waals surface area contributed by atoms with Crippen LogP contribution in [0, 0.1) is 0 Å². The van der Waals surface area contributed by atoms with E-state index >= 15 is 0 Å². The lowest BCUT2D eigenvalue weighted by atomic mass is 10.2. The van der Waals surface area contributed by atoms with E-state index < -0.39 is 5.25 Å². The Labute approximate surface area is 168 Å².